The molecule has 1 amide bonds. The van der Waals surface area contributed by atoms with Gasteiger partial charge < -0.3 is 15.2 Å². The van der Waals surface area contributed by atoms with E-state index in [1.54, 1.807) is 22.0 Å². The number of aromatic hydroxyl groups is 1. The average Bonchev–Trinajstić information content (AvgIpc) is 2.62. The number of rotatable bonds is 10. The number of nitrogens with one attached hydrogen (secondary N) is 1. The lowest BCUT2D eigenvalue weighted by atomic mass is 10.2. The first-order valence-electron chi connectivity index (χ1n) is 10.2. The minimum absolute atomic E-state index is 0.230. The van der Waals surface area contributed by atoms with Crippen molar-refractivity contribution in [1.29, 1.82) is 0 Å². The zero-order valence-electron chi connectivity index (χ0n) is 18.8. The molecule has 8 nitrogen and oxygen atoms in total. The zero-order chi connectivity index (χ0) is 22.0. The fourth-order valence-electron chi connectivity index (χ4n) is 2.56. The van der Waals surface area contributed by atoms with Crippen LogP contribution in [0, 0.1) is 0 Å². The van der Waals surface area contributed by atoms with E-state index in [2.05, 4.69) is 22.6 Å². The largest absolute Gasteiger partial charge is 0.508 e. The molecule has 0 heterocycles. The molecule has 0 aliphatic heterocycles. The number of phenolic OH excluding ortho intramolecular Hbond substituents is 1. The van der Waals surface area contributed by atoms with Gasteiger partial charge in [-0.25, -0.2) is 4.79 Å². The second-order valence-electron chi connectivity index (χ2n) is 8.27. The summed E-state index contributed by atoms with van der Waals surface area (Å²) in [6.45, 7) is 12.8. The van der Waals surface area contributed by atoms with Gasteiger partial charge in [0.25, 0.3) is 0 Å². The molecule has 0 aliphatic carbocycles. The van der Waals surface area contributed by atoms with Crippen molar-refractivity contribution in [2.24, 2.45) is 10.3 Å². The summed E-state index contributed by atoms with van der Waals surface area (Å²) in [6.07, 6.45) is 0.894. The van der Waals surface area contributed by atoms with Crippen LogP contribution >= 0.6 is 0 Å². The predicted molar refractivity (Wildman–Crippen MR) is 116 cm³/mol. The smallest absolute Gasteiger partial charge is 0.412 e. The van der Waals surface area contributed by atoms with Crippen LogP contribution in [0.25, 0.3) is 0 Å². The van der Waals surface area contributed by atoms with Gasteiger partial charge in [0, 0.05) is 31.9 Å². The van der Waals surface area contributed by atoms with Crippen molar-refractivity contribution < 1.29 is 14.6 Å². The van der Waals surface area contributed by atoms with Crippen LogP contribution in [0.1, 0.15) is 54.4 Å². The lowest BCUT2D eigenvalue weighted by Gasteiger charge is -2.29. The van der Waals surface area contributed by atoms with Crippen molar-refractivity contribution in [3.8, 4) is 5.75 Å². The first-order valence-corrected chi connectivity index (χ1v) is 10.2. The third kappa shape index (κ3) is 10.0. The third-order valence-electron chi connectivity index (χ3n) is 4.08. The highest BCUT2D eigenvalue weighted by Crippen LogP contribution is 2.16. The van der Waals surface area contributed by atoms with Crippen molar-refractivity contribution in [1.82, 2.24) is 9.91 Å². The van der Waals surface area contributed by atoms with Crippen LogP contribution in [0.15, 0.2) is 34.6 Å². The van der Waals surface area contributed by atoms with Gasteiger partial charge in [0.2, 0.25) is 0 Å². The standard InChI is InChI=1S/C21H37N5O3/c1-8-14-26(20(28)29-21(4,5)6)17(3)23-24-25(7)15-13-16(2)22-18-9-11-19(27)12-10-18/h9-12,16-17,22,27H,8,13-15H2,1-7H3/b24-23-. The Hall–Kier alpha value is -2.51. The Morgan fingerprint density at radius 1 is 1.21 bits per heavy atom. The molecule has 2 N–H and O–H groups in total. The van der Waals surface area contributed by atoms with Gasteiger partial charge in [-0.1, -0.05) is 12.1 Å². The number of carbonyl (C=O) groups is 1. The summed E-state index contributed by atoms with van der Waals surface area (Å²) < 4.78 is 5.47. The second-order valence-corrected chi connectivity index (χ2v) is 8.27. The highest BCUT2D eigenvalue weighted by atomic mass is 16.6. The van der Waals surface area contributed by atoms with E-state index in [4.69, 9.17) is 4.74 Å². The van der Waals surface area contributed by atoms with Gasteiger partial charge in [0.05, 0.1) is 0 Å². The molecule has 1 aromatic rings. The van der Waals surface area contributed by atoms with E-state index >= 15 is 0 Å². The Bertz CT molecular complexity index is 643. The Balaban J connectivity index is 2.51. The van der Waals surface area contributed by atoms with E-state index in [-0.39, 0.29) is 17.9 Å². The van der Waals surface area contributed by atoms with Crippen LogP contribution < -0.4 is 5.32 Å². The average molecular weight is 408 g/mol. The first-order chi connectivity index (χ1) is 13.5. The van der Waals surface area contributed by atoms with E-state index in [1.165, 1.54) is 0 Å². The summed E-state index contributed by atoms with van der Waals surface area (Å²) in [4.78, 5) is 14.0. The lowest BCUT2D eigenvalue weighted by Crippen LogP contribution is -2.41. The van der Waals surface area contributed by atoms with Crippen LogP contribution in [0.2, 0.25) is 0 Å². The molecule has 8 heteroatoms. The number of carbonyl (C=O) groups excluding carboxylic acids is 1. The zero-order valence-corrected chi connectivity index (χ0v) is 18.8. The molecule has 0 aliphatic rings. The SMILES string of the molecule is CCCN(C(=O)OC(C)(C)C)C(C)/N=N\N(C)CCC(C)Nc1ccc(O)cc1. The second kappa shape index (κ2) is 11.5. The van der Waals surface area contributed by atoms with Crippen LogP contribution in [0.5, 0.6) is 5.75 Å². The predicted octanol–water partition coefficient (Wildman–Crippen LogP) is 4.87. The lowest BCUT2D eigenvalue weighted by molar-refractivity contribution is 0.0171. The molecule has 0 aromatic heterocycles. The van der Waals surface area contributed by atoms with Crippen molar-refractivity contribution in [3.05, 3.63) is 24.3 Å². The summed E-state index contributed by atoms with van der Waals surface area (Å²) >= 11 is 0. The summed E-state index contributed by atoms with van der Waals surface area (Å²) in [7, 11) is 1.86. The molecular weight excluding hydrogens is 370 g/mol. The maximum atomic E-state index is 12.4. The van der Waals surface area contributed by atoms with Crippen molar-refractivity contribution >= 4 is 11.8 Å². The van der Waals surface area contributed by atoms with Gasteiger partial charge in [-0.05, 0) is 71.7 Å². The van der Waals surface area contributed by atoms with Crippen molar-refractivity contribution in [3.63, 3.8) is 0 Å². The maximum absolute atomic E-state index is 12.4. The molecule has 29 heavy (non-hydrogen) atoms. The quantitative estimate of drug-likeness (QED) is 0.328. The molecule has 0 fully saturated rings. The van der Waals surface area contributed by atoms with Crippen LogP contribution in [0.4, 0.5) is 10.5 Å². The van der Waals surface area contributed by atoms with E-state index in [9.17, 15) is 9.90 Å². The minimum Gasteiger partial charge on any atom is -0.508 e. The fourth-order valence-corrected chi connectivity index (χ4v) is 2.56. The molecule has 0 saturated carbocycles. The van der Waals surface area contributed by atoms with Gasteiger partial charge in [-0.2, -0.15) is 0 Å². The molecule has 0 radical (unpaired) electrons. The Kier molecular flexibility index (Phi) is 9.71. The van der Waals surface area contributed by atoms with E-state index in [1.807, 2.05) is 53.8 Å². The number of benzene rings is 1. The van der Waals surface area contributed by atoms with Crippen molar-refractivity contribution in [2.75, 3.05) is 25.5 Å². The number of anilines is 1. The topological polar surface area (TPSA) is 89.8 Å². The van der Waals surface area contributed by atoms with Gasteiger partial charge in [0.15, 0.2) is 0 Å². The van der Waals surface area contributed by atoms with Crippen LogP contribution in [-0.4, -0.2) is 59.1 Å². The molecule has 2 unspecified atom stereocenters. The summed E-state index contributed by atoms with van der Waals surface area (Å²) in [5, 5.41) is 23.0. The highest BCUT2D eigenvalue weighted by Gasteiger charge is 2.25. The molecule has 0 saturated heterocycles. The first kappa shape index (κ1) is 24.5. The van der Waals surface area contributed by atoms with E-state index in [0.29, 0.717) is 13.1 Å². The highest BCUT2D eigenvalue weighted by molar-refractivity contribution is 5.68. The van der Waals surface area contributed by atoms with Crippen LogP contribution in [-0.2, 0) is 4.74 Å². The summed E-state index contributed by atoms with van der Waals surface area (Å²) in [5.41, 5.74) is 0.415. The number of hydrogen-bond donors (Lipinski definition) is 2. The van der Waals surface area contributed by atoms with Gasteiger partial charge in [-0.3, -0.25) is 9.91 Å². The number of amides is 1. The Morgan fingerprint density at radius 2 is 1.83 bits per heavy atom. The molecule has 0 bridgehead atoms. The molecule has 2 atom stereocenters. The molecule has 164 valence electrons. The molecule has 1 rings (SSSR count). The molecule has 1 aromatic carbocycles. The molecule has 0 spiro atoms. The fraction of sp³-hybridized carbons (Fsp3) is 0.667. The van der Waals surface area contributed by atoms with Gasteiger partial charge in [-0.15, -0.1) is 5.11 Å². The number of nitrogens with zero attached hydrogens (tertiary/aromatic N) is 4. The number of ether oxygens (including phenoxy) is 1. The number of phenols is 1. The van der Waals surface area contributed by atoms with Gasteiger partial charge in [0.1, 0.15) is 17.5 Å². The summed E-state index contributed by atoms with van der Waals surface area (Å²) in [6, 6.07) is 7.23. The van der Waals surface area contributed by atoms with Crippen molar-refractivity contribution in [2.45, 2.75) is 72.2 Å². The molecular formula is C21H37N5O3. The maximum Gasteiger partial charge on any atom is 0.412 e. The normalized spacial score (nSPS) is 13.8. The van der Waals surface area contributed by atoms with Gasteiger partial charge >= 0.3 is 6.09 Å². The van der Waals surface area contributed by atoms with E-state index < -0.39 is 11.8 Å². The Morgan fingerprint density at radius 3 is 2.38 bits per heavy atom. The van der Waals surface area contributed by atoms with E-state index in [0.717, 1.165) is 18.5 Å². The third-order valence-corrected chi connectivity index (χ3v) is 4.08. The number of hydrogen-bond acceptors (Lipinski definition) is 6. The minimum atomic E-state index is -0.544. The monoisotopic (exact) mass is 407 g/mol. The summed E-state index contributed by atoms with van der Waals surface area (Å²) in [5.74, 6) is 0.251. The van der Waals surface area contributed by atoms with Crippen LogP contribution in [0.3, 0.4) is 0 Å². The Labute approximate surface area is 174 Å².